The molecule has 4 rings (SSSR count). The third-order valence-electron chi connectivity index (χ3n) is 5.58. The molecule has 1 N–H and O–H groups in total. The van der Waals surface area contributed by atoms with Crippen LogP contribution in [0.2, 0.25) is 0 Å². The van der Waals surface area contributed by atoms with E-state index in [0.717, 1.165) is 10.2 Å². The molecular formula is C23H17F5N6O3. The van der Waals surface area contributed by atoms with Crippen LogP contribution in [0.25, 0.3) is 0 Å². The average molecular weight is 520 g/mol. The zero-order chi connectivity index (χ0) is 27.0. The number of hydrogen-bond donors (Lipinski definition) is 1. The van der Waals surface area contributed by atoms with Crippen LogP contribution in [-0.2, 0) is 13.1 Å². The van der Waals surface area contributed by atoms with Crippen molar-refractivity contribution >= 4 is 17.4 Å². The Morgan fingerprint density at radius 1 is 0.919 bits per heavy atom. The molecule has 0 radical (unpaired) electrons. The Bertz CT molecular complexity index is 1500. The predicted molar refractivity (Wildman–Crippen MR) is 119 cm³/mol. The van der Waals surface area contributed by atoms with Crippen molar-refractivity contribution < 1.29 is 31.7 Å². The summed E-state index contributed by atoms with van der Waals surface area (Å²) in [4.78, 5) is 23.2. The van der Waals surface area contributed by atoms with Gasteiger partial charge in [-0.25, -0.2) is 22.0 Å². The highest BCUT2D eigenvalue weighted by Crippen LogP contribution is 2.24. The number of benzene rings is 2. The largest absolute Gasteiger partial charge is 0.312 e. The van der Waals surface area contributed by atoms with E-state index in [1.165, 1.54) is 29.1 Å². The number of nitro groups is 1. The maximum atomic E-state index is 13.9. The van der Waals surface area contributed by atoms with E-state index in [9.17, 15) is 36.9 Å². The van der Waals surface area contributed by atoms with Crippen LogP contribution in [0.3, 0.4) is 0 Å². The fraction of sp³-hybridized carbons (Fsp3) is 0.174. The fourth-order valence-corrected chi connectivity index (χ4v) is 3.70. The van der Waals surface area contributed by atoms with Crippen molar-refractivity contribution in [3.63, 3.8) is 0 Å². The van der Waals surface area contributed by atoms with Crippen molar-refractivity contribution in [2.45, 2.75) is 26.9 Å². The van der Waals surface area contributed by atoms with E-state index in [1.807, 2.05) is 0 Å². The maximum Gasteiger partial charge on any atom is 0.312 e. The number of hydrogen-bond acceptors (Lipinski definition) is 5. The van der Waals surface area contributed by atoms with E-state index < -0.39 is 52.0 Å². The summed E-state index contributed by atoms with van der Waals surface area (Å²) in [5.74, 6) is -10.9. The van der Waals surface area contributed by atoms with Crippen LogP contribution >= 0.6 is 0 Å². The minimum atomic E-state index is -2.26. The lowest BCUT2D eigenvalue weighted by Crippen LogP contribution is -2.14. The summed E-state index contributed by atoms with van der Waals surface area (Å²) >= 11 is 0. The third kappa shape index (κ3) is 4.90. The summed E-state index contributed by atoms with van der Waals surface area (Å²) < 4.78 is 70.2. The second kappa shape index (κ2) is 9.79. The molecule has 4 aromatic rings. The van der Waals surface area contributed by atoms with Gasteiger partial charge in [0.05, 0.1) is 23.6 Å². The molecule has 14 heteroatoms. The highest BCUT2D eigenvalue weighted by Gasteiger charge is 2.26. The molecule has 192 valence electrons. The summed E-state index contributed by atoms with van der Waals surface area (Å²) in [6, 6.07) is 7.58. The van der Waals surface area contributed by atoms with Gasteiger partial charge in [-0.1, -0.05) is 12.1 Å². The number of nitrogens with one attached hydrogen (secondary N) is 1. The minimum Gasteiger partial charge on any atom is -0.305 e. The molecule has 1 amide bonds. The van der Waals surface area contributed by atoms with Crippen molar-refractivity contribution in [1.82, 2.24) is 19.6 Å². The zero-order valence-corrected chi connectivity index (χ0v) is 19.2. The first-order valence-electron chi connectivity index (χ1n) is 10.6. The van der Waals surface area contributed by atoms with Crippen LogP contribution in [-0.4, -0.2) is 30.4 Å². The average Bonchev–Trinajstić information content (AvgIpc) is 3.42. The first-order chi connectivity index (χ1) is 17.5. The van der Waals surface area contributed by atoms with Crippen molar-refractivity contribution in [2.75, 3.05) is 5.32 Å². The Kier molecular flexibility index (Phi) is 6.74. The Balaban J connectivity index is 1.44. The molecule has 0 saturated heterocycles. The second-order valence-corrected chi connectivity index (χ2v) is 8.03. The number of nitrogens with zero attached hydrogens (tertiary/aromatic N) is 5. The predicted octanol–water partition coefficient (Wildman–Crippen LogP) is 4.65. The lowest BCUT2D eigenvalue weighted by atomic mass is 10.1. The number of amides is 1. The van der Waals surface area contributed by atoms with E-state index >= 15 is 0 Å². The summed E-state index contributed by atoms with van der Waals surface area (Å²) in [7, 11) is 0. The van der Waals surface area contributed by atoms with Gasteiger partial charge in [0, 0.05) is 17.8 Å². The molecule has 0 unspecified atom stereocenters. The first kappa shape index (κ1) is 25.5. The SMILES string of the molecule is Cc1nn(Cc2ccc(C(=O)Nc3ccn(Cc4c(F)c(F)c(F)c(F)c4F)n3)cc2)c(C)c1[N+](=O)[O-]. The molecule has 0 saturated carbocycles. The maximum absolute atomic E-state index is 13.9. The molecule has 9 nitrogen and oxygen atoms in total. The molecule has 2 aromatic carbocycles. The highest BCUT2D eigenvalue weighted by atomic mass is 19.2. The van der Waals surface area contributed by atoms with Crippen LogP contribution in [0, 0.1) is 53.0 Å². The van der Waals surface area contributed by atoms with Gasteiger partial charge in [0.2, 0.25) is 5.82 Å². The number of carbonyl (C=O) groups excluding carboxylic acids is 1. The first-order valence-corrected chi connectivity index (χ1v) is 10.6. The van der Waals surface area contributed by atoms with Gasteiger partial charge in [-0.15, -0.1) is 0 Å². The molecule has 0 bridgehead atoms. The van der Waals surface area contributed by atoms with E-state index in [0.29, 0.717) is 5.69 Å². The molecule has 0 spiro atoms. The number of carbonyl (C=O) groups is 1. The van der Waals surface area contributed by atoms with Gasteiger partial charge in [-0.2, -0.15) is 10.2 Å². The molecule has 0 aliphatic heterocycles. The van der Waals surface area contributed by atoms with E-state index in [1.54, 1.807) is 26.0 Å². The molecule has 2 heterocycles. The molecule has 0 fully saturated rings. The smallest absolute Gasteiger partial charge is 0.305 e. The van der Waals surface area contributed by atoms with Crippen LogP contribution < -0.4 is 5.32 Å². The molecular weight excluding hydrogens is 503 g/mol. The number of aryl methyl sites for hydroxylation is 1. The Hall–Kier alpha value is -4.62. The Morgan fingerprint density at radius 2 is 1.51 bits per heavy atom. The van der Waals surface area contributed by atoms with E-state index in [-0.39, 0.29) is 29.3 Å². The topological polar surface area (TPSA) is 108 Å². The molecule has 37 heavy (non-hydrogen) atoms. The van der Waals surface area contributed by atoms with Crippen molar-refractivity contribution in [3.05, 3.63) is 104 Å². The molecule has 0 aliphatic carbocycles. The second-order valence-electron chi connectivity index (χ2n) is 8.03. The van der Waals surface area contributed by atoms with Crippen LogP contribution in [0.5, 0.6) is 0 Å². The monoisotopic (exact) mass is 520 g/mol. The van der Waals surface area contributed by atoms with Crippen LogP contribution in [0.1, 0.15) is 32.9 Å². The van der Waals surface area contributed by atoms with Crippen molar-refractivity contribution in [2.24, 2.45) is 0 Å². The highest BCUT2D eigenvalue weighted by molar-refractivity contribution is 6.03. The van der Waals surface area contributed by atoms with Crippen LogP contribution in [0.15, 0.2) is 36.5 Å². The summed E-state index contributed by atoms with van der Waals surface area (Å²) in [5.41, 5.74) is 0.516. The van der Waals surface area contributed by atoms with Gasteiger partial charge in [0.15, 0.2) is 29.1 Å². The van der Waals surface area contributed by atoms with Gasteiger partial charge in [0.1, 0.15) is 11.4 Å². The third-order valence-corrected chi connectivity index (χ3v) is 5.58. The van der Waals surface area contributed by atoms with Gasteiger partial charge in [-0.3, -0.25) is 24.3 Å². The number of halogens is 5. The summed E-state index contributed by atoms with van der Waals surface area (Å²) in [6.07, 6.45) is 1.20. The quantitative estimate of drug-likeness (QED) is 0.126. The van der Waals surface area contributed by atoms with Crippen molar-refractivity contribution in [1.29, 1.82) is 0 Å². The van der Waals surface area contributed by atoms with Gasteiger partial charge in [-0.05, 0) is 31.5 Å². The zero-order valence-electron chi connectivity index (χ0n) is 19.2. The number of rotatable bonds is 7. The van der Waals surface area contributed by atoms with Gasteiger partial charge >= 0.3 is 5.69 Å². The van der Waals surface area contributed by atoms with Crippen LogP contribution in [0.4, 0.5) is 33.5 Å². The van der Waals surface area contributed by atoms with Gasteiger partial charge in [0.25, 0.3) is 5.91 Å². The lowest BCUT2D eigenvalue weighted by molar-refractivity contribution is -0.386. The lowest BCUT2D eigenvalue weighted by Gasteiger charge is -2.08. The van der Waals surface area contributed by atoms with Gasteiger partial charge < -0.3 is 5.32 Å². The summed E-state index contributed by atoms with van der Waals surface area (Å²) in [5, 5.41) is 21.7. The van der Waals surface area contributed by atoms with E-state index in [4.69, 9.17) is 0 Å². The van der Waals surface area contributed by atoms with E-state index in [2.05, 4.69) is 15.5 Å². The molecule has 0 aliphatic rings. The normalized spacial score (nSPS) is 11.1. The van der Waals surface area contributed by atoms with Crippen molar-refractivity contribution in [3.8, 4) is 0 Å². The molecule has 0 atom stereocenters. The number of aromatic nitrogens is 4. The Labute approximate surface area is 205 Å². The number of anilines is 1. The Morgan fingerprint density at radius 3 is 2.08 bits per heavy atom. The molecule has 2 aromatic heterocycles. The fourth-order valence-electron chi connectivity index (χ4n) is 3.70. The minimum absolute atomic E-state index is 0.0205. The summed E-state index contributed by atoms with van der Waals surface area (Å²) in [6.45, 7) is 2.61. The standard InChI is InChI=1S/C23H17F5N6O3/c1-11-22(34(36)37)12(2)33(30-11)9-13-3-5-14(6-4-13)23(35)29-16-7-8-32(31-16)10-15-17(24)19(26)21(28)20(27)18(15)25/h3-8H,9-10H2,1-2H3,(H,29,31,35).